The van der Waals surface area contributed by atoms with Gasteiger partial charge in [0.1, 0.15) is 11.0 Å². The molecule has 1 fully saturated rings. The minimum atomic E-state index is -0.336. The monoisotopic (exact) mass is 516 g/mol. The first-order chi connectivity index (χ1) is 17.6. The first kappa shape index (κ1) is 24.7. The molecule has 1 saturated carbocycles. The maximum Gasteiger partial charge on any atom is 0.238 e. The van der Waals surface area contributed by atoms with Gasteiger partial charge in [0.05, 0.1) is 24.1 Å². The van der Waals surface area contributed by atoms with Crippen LogP contribution in [0.15, 0.2) is 71.6 Å². The topological polar surface area (TPSA) is 53.3 Å². The van der Waals surface area contributed by atoms with Crippen LogP contribution in [0, 0.1) is 11.3 Å². The number of carbonyl (C=O) groups is 1. The van der Waals surface area contributed by atoms with Crippen molar-refractivity contribution in [3.63, 3.8) is 0 Å². The lowest BCUT2D eigenvalue weighted by atomic mass is 9.93. The second-order valence-corrected chi connectivity index (χ2v) is 11.1. The molecule has 1 heterocycles. The number of carbonyl (C=O) groups excluding carboxylic acids is 1. The van der Waals surface area contributed by atoms with Gasteiger partial charge in [-0.25, -0.2) is 0 Å². The standard InChI is InChI=1S/C30H29ClN2O2S/c1-35-26-16-15-22(21-13-11-20(18-32)12-14-21)17-23(26)19-33(24-7-3-2-4-8-24)30(34)29-28(31)25-9-5-6-10-27(25)36-29/h5-6,9-17,24,28-29H,2-4,7-8,19H2,1H3. The van der Waals surface area contributed by atoms with E-state index in [-0.39, 0.29) is 22.6 Å². The number of nitriles is 1. The van der Waals surface area contributed by atoms with Gasteiger partial charge in [-0.2, -0.15) is 5.26 Å². The molecule has 1 aliphatic heterocycles. The summed E-state index contributed by atoms with van der Waals surface area (Å²) >= 11 is 8.45. The number of hydrogen-bond acceptors (Lipinski definition) is 4. The number of halogens is 1. The zero-order chi connectivity index (χ0) is 25.1. The SMILES string of the molecule is COc1ccc(-c2ccc(C#N)cc2)cc1CN(C(=O)C1Sc2ccccc2C1Cl)C1CCCCC1. The van der Waals surface area contributed by atoms with E-state index < -0.39 is 0 Å². The van der Waals surface area contributed by atoms with Gasteiger partial charge in [-0.1, -0.05) is 55.7 Å². The Morgan fingerprint density at radius 2 is 1.78 bits per heavy atom. The molecule has 184 valence electrons. The summed E-state index contributed by atoms with van der Waals surface area (Å²) in [5.74, 6) is 0.875. The van der Waals surface area contributed by atoms with Crippen LogP contribution in [-0.4, -0.2) is 29.2 Å². The van der Waals surface area contributed by atoms with Crippen LogP contribution < -0.4 is 4.74 Å². The second kappa shape index (κ2) is 11.0. The Morgan fingerprint density at radius 1 is 1.06 bits per heavy atom. The molecule has 3 aromatic rings. The molecule has 5 rings (SSSR count). The second-order valence-electron chi connectivity index (χ2n) is 9.45. The zero-order valence-corrected chi connectivity index (χ0v) is 21.9. The molecule has 2 unspecified atom stereocenters. The predicted octanol–water partition coefficient (Wildman–Crippen LogP) is 7.35. The van der Waals surface area contributed by atoms with E-state index in [0.29, 0.717) is 12.1 Å². The van der Waals surface area contributed by atoms with Gasteiger partial charge in [0.15, 0.2) is 0 Å². The zero-order valence-electron chi connectivity index (χ0n) is 20.3. The quantitative estimate of drug-likeness (QED) is 0.321. The Balaban J connectivity index is 1.47. The van der Waals surface area contributed by atoms with Gasteiger partial charge < -0.3 is 9.64 Å². The van der Waals surface area contributed by atoms with Gasteiger partial charge in [-0.3, -0.25) is 4.79 Å². The summed E-state index contributed by atoms with van der Waals surface area (Å²) in [5, 5.41) is 8.47. The van der Waals surface area contributed by atoms with Crippen LogP contribution in [0.25, 0.3) is 11.1 Å². The van der Waals surface area contributed by atoms with E-state index in [4.69, 9.17) is 21.6 Å². The molecule has 0 radical (unpaired) electrons. The van der Waals surface area contributed by atoms with Gasteiger partial charge in [0.2, 0.25) is 5.91 Å². The normalized spacial score (nSPS) is 19.4. The summed E-state index contributed by atoms with van der Waals surface area (Å²) in [6, 6.07) is 24.1. The van der Waals surface area contributed by atoms with E-state index >= 15 is 0 Å². The molecule has 36 heavy (non-hydrogen) atoms. The highest BCUT2D eigenvalue weighted by molar-refractivity contribution is 8.01. The van der Waals surface area contributed by atoms with Crippen molar-refractivity contribution in [3.05, 3.63) is 83.4 Å². The Hall–Kier alpha value is -2.94. The molecule has 4 nitrogen and oxygen atoms in total. The van der Waals surface area contributed by atoms with Crippen LogP contribution in [-0.2, 0) is 11.3 Å². The summed E-state index contributed by atoms with van der Waals surface area (Å²) in [4.78, 5) is 17.3. The van der Waals surface area contributed by atoms with Crippen LogP contribution in [0.5, 0.6) is 5.75 Å². The third kappa shape index (κ3) is 4.98. The molecule has 3 aromatic carbocycles. The van der Waals surface area contributed by atoms with Gasteiger partial charge >= 0.3 is 0 Å². The largest absolute Gasteiger partial charge is 0.496 e. The smallest absolute Gasteiger partial charge is 0.238 e. The number of methoxy groups -OCH3 is 1. The van der Waals surface area contributed by atoms with Crippen LogP contribution in [0.2, 0.25) is 0 Å². The summed E-state index contributed by atoms with van der Waals surface area (Å²) < 4.78 is 5.73. The van der Waals surface area contributed by atoms with Crippen LogP contribution >= 0.6 is 23.4 Å². The third-order valence-electron chi connectivity index (χ3n) is 7.25. The van der Waals surface area contributed by atoms with E-state index in [1.165, 1.54) is 6.42 Å². The summed E-state index contributed by atoms with van der Waals surface area (Å²) in [5.41, 5.74) is 4.71. The summed E-state index contributed by atoms with van der Waals surface area (Å²) in [6.07, 6.45) is 5.53. The first-order valence-corrected chi connectivity index (χ1v) is 13.8. The average molecular weight is 517 g/mol. The minimum Gasteiger partial charge on any atom is -0.496 e. The lowest BCUT2D eigenvalue weighted by molar-refractivity contribution is -0.134. The fraction of sp³-hybridized carbons (Fsp3) is 0.333. The number of alkyl halides is 1. The van der Waals surface area contributed by atoms with Gasteiger partial charge in [-0.05, 0) is 59.9 Å². The maximum absolute atomic E-state index is 14.1. The Labute approximate surface area is 222 Å². The molecule has 1 aliphatic carbocycles. The van der Waals surface area contributed by atoms with Crippen molar-refractivity contribution in [2.24, 2.45) is 0 Å². The number of hydrogen-bond donors (Lipinski definition) is 0. The van der Waals surface area contributed by atoms with Crippen molar-refractivity contribution in [2.75, 3.05) is 7.11 Å². The van der Waals surface area contributed by atoms with E-state index in [1.54, 1.807) is 18.9 Å². The van der Waals surface area contributed by atoms with Gasteiger partial charge in [0.25, 0.3) is 0 Å². The lowest BCUT2D eigenvalue weighted by Crippen LogP contribution is -2.45. The maximum atomic E-state index is 14.1. The molecular weight excluding hydrogens is 488 g/mol. The van der Waals surface area contributed by atoms with Gasteiger partial charge in [-0.15, -0.1) is 23.4 Å². The van der Waals surface area contributed by atoms with Crippen LogP contribution in [0.3, 0.4) is 0 Å². The van der Waals surface area contributed by atoms with E-state index in [2.05, 4.69) is 23.1 Å². The molecular formula is C30H29ClN2O2S. The highest BCUT2D eigenvalue weighted by Gasteiger charge is 2.41. The molecule has 0 bridgehead atoms. The van der Waals surface area contributed by atoms with Crippen molar-refractivity contribution >= 4 is 29.3 Å². The average Bonchev–Trinajstić information content (AvgIpc) is 3.28. The fourth-order valence-corrected chi connectivity index (χ4v) is 7.08. The van der Waals surface area contributed by atoms with Crippen LogP contribution in [0.1, 0.15) is 54.2 Å². The highest BCUT2D eigenvalue weighted by Crippen LogP contribution is 2.48. The molecule has 0 aromatic heterocycles. The Bertz CT molecular complexity index is 1280. The summed E-state index contributed by atoms with van der Waals surface area (Å²) in [7, 11) is 1.67. The Morgan fingerprint density at radius 3 is 2.47 bits per heavy atom. The summed E-state index contributed by atoms with van der Waals surface area (Å²) in [6.45, 7) is 0.480. The number of nitrogens with zero attached hydrogens (tertiary/aromatic N) is 2. The number of ether oxygens (including phenoxy) is 1. The lowest BCUT2D eigenvalue weighted by Gasteiger charge is -2.36. The molecule has 1 amide bonds. The van der Waals surface area contributed by atoms with E-state index in [1.807, 2.05) is 54.6 Å². The third-order valence-corrected chi connectivity index (χ3v) is 9.24. The molecule has 6 heteroatoms. The van der Waals surface area contributed by atoms with Crippen molar-refractivity contribution in [3.8, 4) is 22.9 Å². The number of fused-ring (bicyclic) bond motifs is 1. The number of benzene rings is 3. The molecule has 0 N–H and O–H groups in total. The van der Waals surface area contributed by atoms with Crippen molar-refractivity contribution in [1.82, 2.24) is 4.90 Å². The number of thioether (sulfide) groups is 1. The molecule has 0 saturated heterocycles. The number of rotatable bonds is 6. The van der Waals surface area contributed by atoms with Crippen molar-refractivity contribution < 1.29 is 9.53 Å². The Kier molecular flexibility index (Phi) is 7.55. The highest BCUT2D eigenvalue weighted by atomic mass is 35.5. The molecule has 2 aliphatic rings. The molecule has 0 spiro atoms. The predicted molar refractivity (Wildman–Crippen MR) is 145 cm³/mol. The van der Waals surface area contributed by atoms with E-state index in [9.17, 15) is 4.79 Å². The fourth-order valence-electron chi connectivity index (χ4n) is 5.30. The van der Waals surface area contributed by atoms with Crippen molar-refractivity contribution in [1.29, 1.82) is 5.26 Å². The van der Waals surface area contributed by atoms with Gasteiger partial charge in [0, 0.05) is 23.0 Å². The first-order valence-electron chi connectivity index (χ1n) is 12.5. The molecule has 2 atom stereocenters. The van der Waals surface area contributed by atoms with Crippen LogP contribution in [0.4, 0.5) is 0 Å². The number of amides is 1. The minimum absolute atomic E-state index is 0.105. The van der Waals surface area contributed by atoms with E-state index in [0.717, 1.165) is 58.6 Å². The van der Waals surface area contributed by atoms with Crippen molar-refractivity contribution in [2.45, 2.75) is 60.2 Å².